The van der Waals surface area contributed by atoms with Crippen molar-refractivity contribution in [3.8, 4) is 23.0 Å². The summed E-state index contributed by atoms with van der Waals surface area (Å²) >= 11 is 0. The summed E-state index contributed by atoms with van der Waals surface area (Å²) in [5.74, 6) is 3.53. The van der Waals surface area contributed by atoms with Crippen molar-refractivity contribution >= 4 is 11.6 Å². The van der Waals surface area contributed by atoms with E-state index in [1.165, 1.54) is 5.56 Å². The van der Waals surface area contributed by atoms with Gasteiger partial charge in [0.15, 0.2) is 23.0 Å². The molecule has 0 aromatic heterocycles. The largest absolute Gasteiger partial charge is 0.486 e. The van der Waals surface area contributed by atoms with Crippen molar-refractivity contribution in [1.29, 1.82) is 0 Å². The molecule has 3 aliphatic rings. The number of fused-ring (bicyclic) bond motifs is 3. The summed E-state index contributed by atoms with van der Waals surface area (Å²) in [5, 5.41) is 2.82. The molecule has 0 bridgehead atoms. The average Bonchev–Trinajstić information content (AvgIpc) is 3.46. The maximum absolute atomic E-state index is 10.9. The Kier molecular flexibility index (Phi) is 14.8. The van der Waals surface area contributed by atoms with Gasteiger partial charge in [-0.2, -0.15) is 0 Å². The van der Waals surface area contributed by atoms with Crippen molar-refractivity contribution in [1.82, 2.24) is 0 Å². The Bertz CT molecular complexity index is 1000. The highest BCUT2D eigenvalue weighted by Crippen LogP contribution is 2.30. The van der Waals surface area contributed by atoms with Crippen molar-refractivity contribution in [2.75, 3.05) is 25.3 Å². The van der Waals surface area contributed by atoms with Gasteiger partial charge in [-0.3, -0.25) is 4.79 Å². The minimum absolute atomic E-state index is 0.128. The van der Waals surface area contributed by atoms with E-state index in [0.717, 1.165) is 35.1 Å². The number of para-hydroxylation sites is 5. The predicted molar refractivity (Wildman–Crippen MR) is 147 cm³/mol. The normalized spacial score (nSPS) is 12.6. The van der Waals surface area contributed by atoms with Crippen LogP contribution < -0.4 is 24.3 Å². The smallest absolute Gasteiger partial charge is 0.231 e. The number of anilines is 1. The number of rotatable bonds is 0. The van der Waals surface area contributed by atoms with Crippen LogP contribution >= 0.6 is 0 Å². The van der Waals surface area contributed by atoms with Crippen LogP contribution in [0.25, 0.3) is 0 Å². The molecule has 3 aromatic rings. The second-order valence-electron chi connectivity index (χ2n) is 6.70. The summed E-state index contributed by atoms with van der Waals surface area (Å²) in [5.41, 5.74) is 2.22. The second-order valence-corrected chi connectivity index (χ2v) is 6.70. The first-order valence-corrected chi connectivity index (χ1v) is 11.4. The van der Waals surface area contributed by atoms with E-state index < -0.39 is 0 Å². The van der Waals surface area contributed by atoms with E-state index in [4.69, 9.17) is 18.9 Å². The number of ether oxygens (including phenoxy) is 4. The van der Waals surface area contributed by atoms with Gasteiger partial charge in [0.25, 0.3) is 0 Å². The summed E-state index contributed by atoms with van der Waals surface area (Å²) in [4.78, 5) is 10.9. The van der Waals surface area contributed by atoms with Gasteiger partial charge >= 0.3 is 0 Å². The number of amides is 1. The van der Waals surface area contributed by atoms with E-state index in [2.05, 4.69) is 50.9 Å². The van der Waals surface area contributed by atoms with Crippen LogP contribution in [0, 0.1) is 0 Å². The van der Waals surface area contributed by atoms with Crippen molar-refractivity contribution in [2.24, 2.45) is 0 Å². The number of aryl methyl sites for hydroxylation is 1. The van der Waals surface area contributed by atoms with Crippen LogP contribution in [0.4, 0.5) is 5.69 Å². The van der Waals surface area contributed by atoms with Crippen LogP contribution in [-0.4, -0.2) is 25.9 Å². The van der Waals surface area contributed by atoms with Crippen LogP contribution in [0.2, 0.25) is 0 Å². The molecule has 6 nitrogen and oxygen atoms in total. The maximum Gasteiger partial charge on any atom is 0.231 e. The van der Waals surface area contributed by atoms with Crippen molar-refractivity contribution in [3.05, 3.63) is 118 Å². The molecule has 0 saturated heterocycles. The highest BCUT2D eigenvalue weighted by Gasteiger charge is 2.12. The van der Waals surface area contributed by atoms with Gasteiger partial charge in [-0.05, 0) is 42.3 Å². The highest BCUT2D eigenvalue weighted by molar-refractivity contribution is 5.93. The third-order valence-corrected chi connectivity index (χ3v) is 4.64. The number of hydrogen-bond donors (Lipinski definition) is 1. The average molecular weight is 490 g/mol. The molecule has 0 unspecified atom stereocenters. The van der Waals surface area contributed by atoms with Gasteiger partial charge in [0, 0.05) is 12.1 Å². The molecule has 1 amide bonds. The summed E-state index contributed by atoms with van der Waals surface area (Å²) in [6.45, 7) is 19.7. The van der Waals surface area contributed by atoms with Crippen LogP contribution in [0.5, 0.6) is 23.0 Å². The number of hydrogen-bond acceptors (Lipinski definition) is 5. The lowest BCUT2D eigenvalue weighted by Gasteiger charge is -2.17. The molecule has 0 atom stereocenters. The second kappa shape index (κ2) is 18.0. The molecule has 6 heteroatoms. The highest BCUT2D eigenvalue weighted by atomic mass is 16.7. The molecule has 36 heavy (non-hydrogen) atoms. The summed E-state index contributed by atoms with van der Waals surface area (Å²) in [7, 11) is 0. The lowest BCUT2D eigenvalue weighted by molar-refractivity contribution is -0.116. The number of carbonyl (C=O) groups is 1. The Morgan fingerprint density at radius 1 is 0.556 bits per heavy atom. The summed E-state index contributed by atoms with van der Waals surface area (Å²) in [6, 6.07) is 23.2. The third kappa shape index (κ3) is 9.43. The zero-order chi connectivity index (χ0) is 26.6. The molecule has 3 aliphatic heterocycles. The Balaban J connectivity index is 0.000000245. The quantitative estimate of drug-likeness (QED) is 0.350. The van der Waals surface area contributed by atoms with Gasteiger partial charge in [-0.1, -0.05) is 42.5 Å². The molecule has 0 spiro atoms. The zero-order valence-electron chi connectivity index (χ0n) is 20.7. The van der Waals surface area contributed by atoms with E-state index in [9.17, 15) is 4.79 Å². The molecule has 190 valence electrons. The molecule has 0 aliphatic carbocycles. The lowest BCUT2D eigenvalue weighted by atomic mass is 10.0. The van der Waals surface area contributed by atoms with E-state index in [-0.39, 0.29) is 5.91 Å². The molecule has 3 aromatic carbocycles. The molecule has 6 rings (SSSR count). The molecule has 1 N–H and O–H groups in total. The Morgan fingerprint density at radius 3 is 1.47 bits per heavy atom. The third-order valence-electron chi connectivity index (χ3n) is 4.64. The molecule has 0 saturated carbocycles. The predicted octanol–water partition coefficient (Wildman–Crippen LogP) is 6.85. The lowest BCUT2D eigenvalue weighted by Crippen LogP contribution is -2.18. The van der Waals surface area contributed by atoms with Crippen molar-refractivity contribution < 1.29 is 23.7 Å². The van der Waals surface area contributed by atoms with Gasteiger partial charge in [0.2, 0.25) is 12.7 Å². The minimum atomic E-state index is 0.128. The van der Waals surface area contributed by atoms with Crippen LogP contribution in [0.3, 0.4) is 0 Å². The first kappa shape index (κ1) is 29.6. The maximum atomic E-state index is 10.9. The molecular formula is C30H35NO5. The molecule has 0 radical (unpaired) electrons. The van der Waals surface area contributed by atoms with E-state index in [1.54, 1.807) is 0 Å². The fraction of sp³-hybridized carbons (Fsp3) is 0.167. The Morgan fingerprint density at radius 2 is 0.972 bits per heavy atom. The summed E-state index contributed by atoms with van der Waals surface area (Å²) < 4.78 is 20.7. The summed E-state index contributed by atoms with van der Waals surface area (Å²) in [6.07, 6.45) is 1.50. The molecule has 0 fully saturated rings. The van der Waals surface area contributed by atoms with Crippen molar-refractivity contribution in [3.63, 3.8) is 0 Å². The van der Waals surface area contributed by atoms with E-state index >= 15 is 0 Å². The van der Waals surface area contributed by atoms with Gasteiger partial charge < -0.3 is 24.3 Å². The number of carbonyl (C=O) groups excluding carboxylic acids is 1. The Hall–Kier alpha value is -4.45. The fourth-order valence-electron chi connectivity index (χ4n) is 3.16. The SMILES string of the molecule is C=C.C=C.C=C.O=C1CCc2ccccc2N1.c1ccc2c(c1)OCCO2.c1ccc2c(c1)OCO2. The topological polar surface area (TPSA) is 66.0 Å². The van der Waals surface area contributed by atoms with Gasteiger partial charge in [0.05, 0.1) is 0 Å². The van der Waals surface area contributed by atoms with Gasteiger partial charge in [-0.25, -0.2) is 0 Å². The monoisotopic (exact) mass is 489 g/mol. The molecular weight excluding hydrogens is 454 g/mol. The number of nitrogens with one attached hydrogen (secondary N) is 1. The van der Waals surface area contributed by atoms with Gasteiger partial charge in [-0.15, -0.1) is 39.5 Å². The van der Waals surface area contributed by atoms with Crippen LogP contribution in [0.15, 0.2) is 112 Å². The fourth-order valence-corrected chi connectivity index (χ4v) is 3.16. The van der Waals surface area contributed by atoms with E-state index in [0.29, 0.717) is 26.4 Å². The first-order valence-electron chi connectivity index (χ1n) is 11.4. The first-order chi connectivity index (χ1) is 17.8. The number of benzene rings is 3. The molecule has 3 heterocycles. The van der Waals surface area contributed by atoms with Crippen LogP contribution in [-0.2, 0) is 11.2 Å². The standard InChI is InChI=1S/C9H9NO.C8H8O2.C7H6O2.3C2H4/c11-9-6-5-7-3-1-2-4-8(7)10-9;1-2-4-8-7(3-1)9-5-6-10-8;1-2-4-7-6(3-1)8-5-9-7;3*1-2/h1-4H,5-6H2,(H,10,11);1-4H,5-6H2;1-4H,5H2;3*1-2H2. The Labute approximate surface area is 214 Å². The van der Waals surface area contributed by atoms with Crippen molar-refractivity contribution in [2.45, 2.75) is 12.8 Å². The zero-order valence-corrected chi connectivity index (χ0v) is 20.7. The van der Waals surface area contributed by atoms with Gasteiger partial charge in [0.1, 0.15) is 13.2 Å². The van der Waals surface area contributed by atoms with E-state index in [1.807, 2.05) is 66.7 Å². The minimum Gasteiger partial charge on any atom is -0.486 e. The van der Waals surface area contributed by atoms with Crippen LogP contribution in [0.1, 0.15) is 12.0 Å².